The van der Waals surface area contributed by atoms with E-state index in [0.29, 0.717) is 22.8 Å². The van der Waals surface area contributed by atoms with E-state index in [1.165, 1.54) is 6.07 Å². The lowest BCUT2D eigenvalue weighted by Gasteiger charge is -2.20. The predicted molar refractivity (Wildman–Crippen MR) is 109 cm³/mol. The number of halogens is 1. The van der Waals surface area contributed by atoms with E-state index in [2.05, 4.69) is 9.71 Å². The summed E-state index contributed by atoms with van der Waals surface area (Å²) in [6.07, 6.45) is 1.56. The van der Waals surface area contributed by atoms with Gasteiger partial charge in [0.05, 0.1) is 5.52 Å². The van der Waals surface area contributed by atoms with Gasteiger partial charge in [-0.3, -0.25) is 9.78 Å². The maximum atomic E-state index is 12.8. The van der Waals surface area contributed by atoms with Crippen LogP contribution in [0.2, 0.25) is 5.02 Å². The second-order valence-electron chi connectivity index (χ2n) is 6.59. The minimum Gasteiger partial charge on any atom is -0.483 e. The number of pyridine rings is 1. The Morgan fingerprint density at radius 2 is 2.00 bits per heavy atom. The summed E-state index contributed by atoms with van der Waals surface area (Å²) in [6.45, 7) is 0.458. The summed E-state index contributed by atoms with van der Waals surface area (Å²) in [7, 11) is -3.78. The summed E-state index contributed by atoms with van der Waals surface area (Å²) in [5.41, 5.74) is 1.19. The van der Waals surface area contributed by atoms with E-state index in [0.717, 1.165) is 10.9 Å². The zero-order valence-electron chi connectivity index (χ0n) is 15.3. The molecule has 3 aromatic rings. The molecule has 0 unspecified atom stereocenters. The number of amides is 1. The average Bonchev–Trinajstić information content (AvgIpc) is 2.86. The maximum absolute atomic E-state index is 12.8. The molecule has 1 N–H and O–H groups in total. The number of carbonyl (C=O) groups is 1. The Morgan fingerprint density at radius 3 is 2.86 bits per heavy atom. The maximum Gasteiger partial charge on any atom is 0.260 e. The molecule has 9 heteroatoms. The Labute approximate surface area is 173 Å². The number of nitrogens with one attached hydrogen (secondary N) is 1. The molecule has 0 spiro atoms. The number of para-hydroxylation sites is 1. The van der Waals surface area contributed by atoms with Crippen molar-refractivity contribution < 1.29 is 17.9 Å². The Hall–Kier alpha value is -2.68. The van der Waals surface area contributed by atoms with Gasteiger partial charge in [-0.05, 0) is 30.3 Å². The van der Waals surface area contributed by atoms with Gasteiger partial charge in [-0.15, -0.1) is 0 Å². The first-order valence-electron chi connectivity index (χ1n) is 8.96. The molecule has 1 aliphatic heterocycles. The minimum absolute atomic E-state index is 0.0627. The molecule has 0 atom stereocenters. The number of sulfonamides is 1. The first-order chi connectivity index (χ1) is 13.9. The molecular formula is C20H18ClN3O4S. The van der Waals surface area contributed by atoms with Crippen LogP contribution in [-0.2, 0) is 21.4 Å². The van der Waals surface area contributed by atoms with Crippen LogP contribution in [0.15, 0.2) is 59.6 Å². The Bertz CT molecular complexity index is 1180. The zero-order valence-corrected chi connectivity index (χ0v) is 16.9. The Kier molecular flexibility index (Phi) is 5.40. The van der Waals surface area contributed by atoms with Crippen molar-refractivity contribution in [1.82, 2.24) is 14.6 Å². The molecule has 2 heterocycles. The fourth-order valence-corrected chi connectivity index (χ4v) is 4.62. The van der Waals surface area contributed by atoms with E-state index in [1.54, 1.807) is 53.6 Å². The van der Waals surface area contributed by atoms with E-state index in [9.17, 15) is 13.2 Å². The fraction of sp³-hybridized carbons (Fsp3) is 0.200. The Morgan fingerprint density at radius 1 is 1.17 bits per heavy atom. The number of aromatic nitrogens is 1. The van der Waals surface area contributed by atoms with Crippen molar-refractivity contribution in [2.75, 3.05) is 19.7 Å². The van der Waals surface area contributed by atoms with Gasteiger partial charge in [0.25, 0.3) is 5.91 Å². The third-order valence-electron chi connectivity index (χ3n) is 4.65. The van der Waals surface area contributed by atoms with Gasteiger partial charge in [0.1, 0.15) is 10.6 Å². The number of benzene rings is 2. The van der Waals surface area contributed by atoms with Crippen LogP contribution in [0.1, 0.15) is 5.56 Å². The van der Waals surface area contributed by atoms with Gasteiger partial charge >= 0.3 is 0 Å². The van der Waals surface area contributed by atoms with Crippen molar-refractivity contribution in [2.45, 2.75) is 11.4 Å². The second kappa shape index (κ2) is 7.98. The number of fused-ring (bicyclic) bond motifs is 2. The lowest BCUT2D eigenvalue weighted by atomic mass is 10.2. The average molecular weight is 432 g/mol. The molecule has 1 aromatic heterocycles. The third-order valence-corrected chi connectivity index (χ3v) is 6.37. The zero-order chi connectivity index (χ0) is 20.4. The van der Waals surface area contributed by atoms with Gasteiger partial charge in [-0.1, -0.05) is 29.8 Å². The fourth-order valence-electron chi connectivity index (χ4n) is 3.23. The number of hydrogen-bond donors (Lipinski definition) is 1. The first kappa shape index (κ1) is 19.6. The number of rotatable bonds is 5. The number of carbonyl (C=O) groups excluding carboxylic acids is 1. The van der Waals surface area contributed by atoms with Crippen molar-refractivity contribution >= 4 is 38.4 Å². The van der Waals surface area contributed by atoms with Crippen LogP contribution in [0.3, 0.4) is 0 Å². The van der Waals surface area contributed by atoms with Crippen molar-refractivity contribution in [2.24, 2.45) is 0 Å². The summed E-state index contributed by atoms with van der Waals surface area (Å²) >= 11 is 6.04. The van der Waals surface area contributed by atoms with Gasteiger partial charge in [-0.2, -0.15) is 0 Å². The molecular weight excluding hydrogens is 414 g/mol. The molecule has 1 aliphatic rings. The molecule has 0 aliphatic carbocycles. The molecule has 0 radical (unpaired) electrons. The van der Waals surface area contributed by atoms with Crippen molar-refractivity contribution in [1.29, 1.82) is 0 Å². The largest absolute Gasteiger partial charge is 0.483 e. The molecule has 0 fully saturated rings. The van der Waals surface area contributed by atoms with Gasteiger partial charge in [0.2, 0.25) is 10.0 Å². The van der Waals surface area contributed by atoms with E-state index < -0.39 is 10.0 Å². The topological polar surface area (TPSA) is 88.6 Å². The van der Waals surface area contributed by atoms with Crippen LogP contribution in [0.25, 0.3) is 10.9 Å². The molecule has 0 saturated heterocycles. The molecule has 7 nitrogen and oxygen atoms in total. The monoisotopic (exact) mass is 431 g/mol. The van der Waals surface area contributed by atoms with Crippen molar-refractivity contribution in [3.05, 3.63) is 65.3 Å². The van der Waals surface area contributed by atoms with Crippen LogP contribution in [-0.4, -0.2) is 43.9 Å². The molecule has 4 rings (SSSR count). The van der Waals surface area contributed by atoms with Crippen LogP contribution >= 0.6 is 11.6 Å². The smallest absolute Gasteiger partial charge is 0.260 e. The highest BCUT2D eigenvalue weighted by atomic mass is 35.5. The van der Waals surface area contributed by atoms with E-state index in [4.69, 9.17) is 16.3 Å². The van der Waals surface area contributed by atoms with Gasteiger partial charge in [0.15, 0.2) is 6.61 Å². The van der Waals surface area contributed by atoms with Crippen LogP contribution in [0, 0.1) is 0 Å². The standard InChI is InChI=1S/C20H18ClN3O4S/c21-16-6-7-17-15(11-16)12-24(19(25)13-28-17)10-9-23-29(26,27)18-5-1-3-14-4-2-8-22-20(14)18/h1-8,11,23H,9-10,12-13H2. The molecule has 150 valence electrons. The molecule has 0 bridgehead atoms. The number of hydrogen-bond acceptors (Lipinski definition) is 5. The minimum atomic E-state index is -3.78. The van der Waals surface area contributed by atoms with Crippen LogP contribution in [0.5, 0.6) is 5.75 Å². The molecule has 2 aromatic carbocycles. The normalized spacial score (nSPS) is 14.4. The van der Waals surface area contributed by atoms with Gasteiger partial charge in [-0.25, -0.2) is 13.1 Å². The van der Waals surface area contributed by atoms with E-state index in [1.807, 2.05) is 0 Å². The molecule has 0 saturated carbocycles. The summed E-state index contributed by atoms with van der Waals surface area (Å²) in [5, 5.41) is 1.29. The highest BCUT2D eigenvalue weighted by Crippen LogP contribution is 2.26. The van der Waals surface area contributed by atoms with Gasteiger partial charge in [0, 0.05) is 41.8 Å². The Balaban J connectivity index is 1.48. The first-order valence-corrected chi connectivity index (χ1v) is 10.8. The van der Waals surface area contributed by atoms with E-state index in [-0.39, 0.29) is 30.5 Å². The second-order valence-corrected chi connectivity index (χ2v) is 8.76. The lowest BCUT2D eigenvalue weighted by Crippen LogP contribution is -2.39. The highest BCUT2D eigenvalue weighted by Gasteiger charge is 2.23. The SMILES string of the molecule is O=C1COc2ccc(Cl)cc2CN1CCNS(=O)(=O)c1cccc2cccnc12. The van der Waals surface area contributed by atoms with Crippen molar-refractivity contribution in [3.63, 3.8) is 0 Å². The summed E-state index contributed by atoms with van der Waals surface area (Å²) in [4.78, 5) is 18.2. The molecule has 29 heavy (non-hydrogen) atoms. The predicted octanol–water partition coefficient (Wildman–Crippen LogP) is 2.59. The highest BCUT2D eigenvalue weighted by molar-refractivity contribution is 7.89. The molecule has 1 amide bonds. The lowest BCUT2D eigenvalue weighted by molar-refractivity contribution is -0.133. The van der Waals surface area contributed by atoms with Crippen LogP contribution in [0.4, 0.5) is 0 Å². The van der Waals surface area contributed by atoms with Crippen LogP contribution < -0.4 is 9.46 Å². The summed E-state index contributed by atoms with van der Waals surface area (Å²) < 4.78 is 33.6. The van der Waals surface area contributed by atoms with Gasteiger partial charge < -0.3 is 9.64 Å². The van der Waals surface area contributed by atoms with Crippen molar-refractivity contribution in [3.8, 4) is 5.75 Å². The summed E-state index contributed by atoms with van der Waals surface area (Å²) in [5.74, 6) is 0.385. The third kappa shape index (κ3) is 4.19. The number of nitrogens with zero attached hydrogens (tertiary/aromatic N) is 2. The summed E-state index contributed by atoms with van der Waals surface area (Å²) in [6, 6.07) is 13.7. The number of ether oxygens (including phenoxy) is 1. The van der Waals surface area contributed by atoms with E-state index >= 15 is 0 Å². The quantitative estimate of drug-likeness (QED) is 0.670.